The molecule has 20 heavy (non-hydrogen) atoms. The molecule has 0 unspecified atom stereocenters. The lowest BCUT2D eigenvalue weighted by Gasteiger charge is -2.23. The minimum Gasteiger partial charge on any atom is -0.342 e. The highest BCUT2D eigenvalue weighted by atomic mass is 19.1. The predicted molar refractivity (Wildman–Crippen MR) is 71.2 cm³/mol. The van der Waals surface area contributed by atoms with E-state index < -0.39 is 23.1 Å². The summed E-state index contributed by atoms with van der Waals surface area (Å²) in [7, 11) is 1.34. The fraction of sp³-hybridized carbons (Fsp3) is 0.429. The quantitative estimate of drug-likeness (QED) is 0.828. The molecule has 1 aromatic rings. The van der Waals surface area contributed by atoms with Gasteiger partial charge in [0.2, 0.25) is 5.91 Å². The van der Waals surface area contributed by atoms with Crippen LogP contribution in [-0.2, 0) is 4.79 Å². The van der Waals surface area contributed by atoms with Crippen LogP contribution in [0.4, 0.5) is 8.78 Å². The molecule has 0 fully saturated rings. The first-order chi connectivity index (χ1) is 9.42. The van der Waals surface area contributed by atoms with Crippen molar-refractivity contribution in [3.8, 4) is 0 Å². The van der Waals surface area contributed by atoms with Gasteiger partial charge in [-0.1, -0.05) is 6.07 Å². The number of rotatable bonds is 5. The summed E-state index contributed by atoms with van der Waals surface area (Å²) in [6.07, 6.45) is 0. The summed E-state index contributed by atoms with van der Waals surface area (Å²) in [5, 5.41) is 0. The first kappa shape index (κ1) is 16.1. The van der Waals surface area contributed by atoms with Gasteiger partial charge in [-0.2, -0.15) is 0 Å². The van der Waals surface area contributed by atoms with Gasteiger partial charge in [-0.3, -0.25) is 9.59 Å². The van der Waals surface area contributed by atoms with E-state index in [1.807, 2.05) is 13.8 Å². The van der Waals surface area contributed by atoms with Gasteiger partial charge in [0.05, 0.1) is 6.54 Å². The normalized spacial score (nSPS) is 10.2. The summed E-state index contributed by atoms with van der Waals surface area (Å²) in [6.45, 7) is 4.46. The monoisotopic (exact) mass is 284 g/mol. The van der Waals surface area contributed by atoms with Crippen molar-refractivity contribution in [3.05, 3.63) is 35.4 Å². The predicted octanol–water partition coefficient (Wildman–Crippen LogP) is 1.91. The smallest absolute Gasteiger partial charge is 0.260 e. The first-order valence-electron chi connectivity index (χ1n) is 6.39. The SMILES string of the molecule is CCN(CC)C(=O)CN(C)C(=O)c1c(F)cccc1F. The van der Waals surface area contributed by atoms with Gasteiger partial charge in [0, 0.05) is 20.1 Å². The van der Waals surface area contributed by atoms with E-state index >= 15 is 0 Å². The molecule has 0 spiro atoms. The molecule has 4 nitrogen and oxygen atoms in total. The molecule has 0 N–H and O–H groups in total. The van der Waals surface area contributed by atoms with Crippen LogP contribution in [0, 0.1) is 11.6 Å². The molecule has 0 saturated carbocycles. The third-order valence-electron chi connectivity index (χ3n) is 3.01. The number of nitrogens with zero attached hydrogens (tertiary/aromatic N) is 2. The number of hydrogen-bond acceptors (Lipinski definition) is 2. The lowest BCUT2D eigenvalue weighted by molar-refractivity contribution is -0.131. The van der Waals surface area contributed by atoms with E-state index in [1.54, 1.807) is 4.90 Å². The van der Waals surface area contributed by atoms with Gasteiger partial charge < -0.3 is 9.80 Å². The highest BCUT2D eigenvalue weighted by Crippen LogP contribution is 2.14. The molecule has 0 aromatic heterocycles. The van der Waals surface area contributed by atoms with Crippen LogP contribution in [0.1, 0.15) is 24.2 Å². The topological polar surface area (TPSA) is 40.6 Å². The molecule has 1 rings (SSSR count). The van der Waals surface area contributed by atoms with Crippen molar-refractivity contribution in [1.29, 1.82) is 0 Å². The van der Waals surface area contributed by atoms with Gasteiger partial charge in [0.25, 0.3) is 5.91 Å². The zero-order chi connectivity index (χ0) is 15.3. The molecule has 0 aliphatic heterocycles. The van der Waals surface area contributed by atoms with Crippen LogP contribution < -0.4 is 0 Å². The maximum atomic E-state index is 13.5. The summed E-state index contributed by atoms with van der Waals surface area (Å²) >= 11 is 0. The molecular formula is C14H18F2N2O2. The van der Waals surface area contributed by atoms with Crippen LogP contribution in [0.15, 0.2) is 18.2 Å². The van der Waals surface area contributed by atoms with Gasteiger partial charge in [-0.05, 0) is 26.0 Å². The third kappa shape index (κ3) is 3.53. The molecule has 2 amide bonds. The van der Waals surface area contributed by atoms with Crippen LogP contribution in [-0.4, -0.2) is 48.3 Å². The maximum absolute atomic E-state index is 13.5. The number of benzene rings is 1. The Balaban J connectivity index is 2.85. The zero-order valence-corrected chi connectivity index (χ0v) is 11.8. The second kappa shape index (κ2) is 6.98. The Morgan fingerprint density at radius 3 is 2.05 bits per heavy atom. The Kier molecular flexibility index (Phi) is 5.61. The van der Waals surface area contributed by atoms with Crippen molar-refractivity contribution in [2.45, 2.75) is 13.8 Å². The Morgan fingerprint density at radius 1 is 1.10 bits per heavy atom. The first-order valence-corrected chi connectivity index (χ1v) is 6.39. The van der Waals surface area contributed by atoms with Crippen molar-refractivity contribution >= 4 is 11.8 Å². The van der Waals surface area contributed by atoms with E-state index in [0.29, 0.717) is 13.1 Å². The molecule has 6 heteroatoms. The molecule has 0 aliphatic rings. The number of hydrogen-bond donors (Lipinski definition) is 0. The number of amides is 2. The summed E-state index contributed by atoms with van der Waals surface area (Å²) < 4.78 is 27.0. The highest BCUT2D eigenvalue weighted by Gasteiger charge is 2.23. The van der Waals surface area contributed by atoms with E-state index in [0.717, 1.165) is 17.0 Å². The van der Waals surface area contributed by atoms with Crippen LogP contribution in [0.5, 0.6) is 0 Å². The van der Waals surface area contributed by atoms with Crippen molar-refractivity contribution in [2.24, 2.45) is 0 Å². The van der Waals surface area contributed by atoms with Gasteiger partial charge in [-0.15, -0.1) is 0 Å². The van der Waals surface area contributed by atoms with Crippen molar-refractivity contribution in [1.82, 2.24) is 9.80 Å². The van der Waals surface area contributed by atoms with Crippen molar-refractivity contribution in [2.75, 3.05) is 26.7 Å². The molecule has 0 radical (unpaired) electrons. The molecule has 0 saturated heterocycles. The maximum Gasteiger partial charge on any atom is 0.260 e. The molecule has 0 heterocycles. The number of carbonyl (C=O) groups excluding carboxylic acids is 2. The fourth-order valence-electron chi connectivity index (χ4n) is 1.84. The van der Waals surface area contributed by atoms with E-state index in [9.17, 15) is 18.4 Å². The van der Waals surface area contributed by atoms with Crippen molar-refractivity contribution in [3.63, 3.8) is 0 Å². The highest BCUT2D eigenvalue weighted by molar-refractivity contribution is 5.96. The average Bonchev–Trinajstić information content (AvgIpc) is 2.39. The van der Waals surface area contributed by atoms with Crippen LogP contribution in [0.25, 0.3) is 0 Å². The van der Waals surface area contributed by atoms with Gasteiger partial charge >= 0.3 is 0 Å². The Hall–Kier alpha value is -1.98. The number of carbonyl (C=O) groups is 2. The minimum atomic E-state index is -0.933. The molecule has 1 aromatic carbocycles. The second-order valence-corrected chi connectivity index (χ2v) is 4.32. The van der Waals surface area contributed by atoms with Gasteiger partial charge in [-0.25, -0.2) is 8.78 Å². The molecule has 0 atom stereocenters. The minimum absolute atomic E-state index is 0.214. The van der Waals surface area contributed by atoms with E-state index in [-0.39, 0.29) is 12.5 Å². The lowest BCUT2D eigenvalue weighted by Crippen LogP contribution is -2.41. The largest absolute Gasteiger partial charge is 0.342 e. The molecule has 110 valence electrons. The second-order valence-electron chi connectivity index (χ2n) is 4.32. The van der Waals surface area contributed by atoms with Gasteiger partial charge in [0.1, 0.15) is 17.2 Å². The van der Waals surface area contributed by atoms with Crippen LogP contribution >= 0.6 is 0 Å². The van der Waals surface area contributed by atoms with Gasteiger partial charge in [0.15, 0.2) is 0 Å². The third-order valence-corrected chi connectivity index (χ3v) is 3.01. The lowest BCUT2D eigenvalue weighted by atomic mass is 10.1. The van der Waals surface area contributed by atoms with Crippen molar-refractivity contribution < 1.29 is 18.4 Å². The molecule has 0 aliphatic carbocycles. The fourth-order valence-corrected chi connectivity index (χ4v) is 1.84. The summed E-state index contributed by atoms with van der Waals surface area (Å²) in [4.78, 5) is 26.4. The van der Waals surface area contributed by atoms with E-state index in [4.69, 9.17) is 0 Å². The summed E-state index contributed by atoms with van der Waals surface area (Å²) in [5.41, 5.74) is -0.637. The molecular weight excluding hydrogens is 266 g/mol. The van der Waals surface area contributed by atoms with E-state index in [2.05, 4.69) is 0 Å². The van der Waals surface area contributed by atoms with Crippen LogP contribution in [0.3, 0.4) is 0 Å². The Morgan fingerprint density at radius 2 is 1.60 bits per heavy atom. The summed E-state index contributed by atoms with van der Waals surface area (Å²) in [5.74, 6) is -2.97. The summed E-state index contributed by atoms with van der Waals surface area (Å²) in [6, 6.07) is 3.20. The van der Waals surface area contributed by atoms with Crippen LogP contribution in [0.2, 0.25) is 0 Å². The zero-order valence-electron chi connectivity index (χ0n) is 11.8. The Labute approximate surface area is 117 Å². The standard InChI is InChI=1S/C14H18F2N2O2/c1-4-18(5-2)12(19)9-17(3)14(20)13-10(15)7-6-8-11(13)16/h6-8H,4-5,9H2,1-3H3. The van der Waals surface area contributed by atoms with E-state index in [1.165, 1.54) is 13.1 Å². The number of likely N-dealkylation sites (N-methyl/N-ethyl adjacent to an activating group) is 2. The molecule has 0 bridgehead atoms. The average molecular weight is 284 g/mol. The number of halogens is 2. The Bertz CT molecular complexity index is 482.